The van der Waals surface area contributed by atoms with Crippen LogP contribution in [-0.4, -0.2) is 234 Å². The van der Waals surface area contributed by atoms with Gasteiger partial charge in [0.1, 0.15) is 45.6 Å². The lowest BCUT2D eigenvalue weighted by Crippen LogP contribution is -2.38. The number of carbonyl (C=O) groups is 10. The zero-order valence-corrected chi connectivity index (χ0v) is 73.3. The van der Waals surface area contributed by atoms with Crippen LogP contribution in [0.4, 0.5) is 0 Å². The standard InChI is InChI=1S/C21H28N4O4.C18H22N4O4.C17H20N4O4.C16H18N4O4.C5H11NO.C3H7Br.C3H9N.C2H4O2/c1-3-11-24(13-16-7-5-9-18(22-16)20(26)27)15-25(12-4-2)14-17-8-6-10-19(23-17)21(28)29;1-25-17(23)15-7-3-5-13(21-15)11-19-9-10-20-12-14-6-4-8-16(22-14)18(24)26-2;1-24-16(22)14-7-3-5-12(20-14)9-18-11-19-10-13-6-4-8-15(21-13)17(23)25-2;21-15(22)13-5-1-3-11(19-13)9-17-7-8-18-10-12-4-2-6-14(20-12)16(23)24;1-3-4-6-5(2)7;2*1-2-3-4;1-2(3)4/h5-10H,3-4,11-15H2,1-2H3,(H,26,27)(H,28,29);3-8,19-20H,9-12H2,1-2H3;3-8,18-19H,9-11H2,1-2H3;1-6,17-18H,7-10H2,(H,21,22)(H,23,24);3-4H2,1-2H3,(H,6,7);2-3H2,1H3;2-4H2,1H3;1H3,(H,3,4). The van der Waals surface area contributed by atoms with Gasteiger partial charge in [-0.25, -0.2) is 78.2 Å². The van der Waals surface area contributed by atoms with Gasteiger partial charge in [-0.3, -0.25) is 30.0 Å². The smallest absolute Gasteiger partial charge is 0.356 e. The van der Waals surface area contributed by atoms with E-state index < -0.39 is 53.7 Å². The summed E-state index contributed by atoms with van der Waals surface area (Å²) < 4.78 is 18.6. The predicted molar refractivity (Wildman–Crippen MR) is 464 cm³/mol. The third-order valence-corrected chi connectivity index (χ3v) is 16.1. The minimum Gasteiger partial charge on any atom is -0.481 e. The molecule has 0 saturated carbocycles. The van der Waals surface area contributed by atoms with Crippen molar-refractivity contribution < 1.29 is 92.4 Å². The minimum absolute atomic E-state index is 0.0248. The number of nitrogens with zero attached hydrogens (tertiary/aromatic N) is 10. The normalized spacial score (nSPS) is 10.1. The molecule has 8 rings (SSSR count). The number of alkyl halides is 1. The van der Waals surface area contributed by atoms with Gasteiger partial charge in [-0.1, -0.05) is 99.1 Å². The molecule has 0 aliphatic heterocycles. The number of carboxylic acid groups (broad SMARTS) is 5. The Morgan fingerprint density at radius 3 is 0.756 bits per heavy atom. The Bertz CT molecular complexity index is 4180. The molecule has 0 bridgehead atoms. The highest BCUT2D eigenvalue weighted by Gasteiger charge is 2.18. The molecule has 0 spiro atoms. The maximum atomic E-state index is 11.5. The molecule has 37 nitrogen and oxygen atoms in total. The summed E-state index contributed by atoms with van der Waals surface area (Å²) in [5.74, 6) is -6.76. The summed E-state index contributed by atoms with van der Waals surface area (Å²) in [6, 6.07) is 40.6. The van der Waals surface area contributed by atoms with Crippen LogP contribution in [0.15, 0.2) is 146 Å². The Labute approximate surface area is 726 Å². The fourth-order valence-electron chi connectivity index (χ4n) is 9.72. The topological polar surface area (TPSA) is 529 Å². The van der Waals surface area contributed by atoms with E-state index in [0.29, 0.717) is 126 Å². The number of esters is 4. The number of aliphatic carboxylic acids is 1. The molecule has 0 unspecified atom stereocenters. The SMILES string of the molecule is CC(=O)O.CCCBr.CCCN.CCCN(Cc1cccc(C(=O)O)n1)CN(CCC)Cc1cccc(C(=O)O)n1.CCCNC(C)=O.COC(=O)c1cccc(CNCCNCc2cccc(C(=O)OC)n2)n1.COC(=O)c1cccc(CNCNCc2cccc(C(=O)OC)n2)n1.O=C(O)c1cccc(CNCCNCc2cccc(C(=O)O)n2)n1. The van der Waals surface area contributed by atoms with Crippen molar-refractivity contribution in [3.8, 4) is 0 Å². The van der Waals surface area contributed by atoms with E-state index in [1.807, 2.05) is 43.3 Å². The number of amides is 1. The predicted octanol–water partition coefficient (Wildman–Crippen LogP) is 8.29. The van der Waals surface area contributed by atoms with Crippen LogP contribution in [0.3, 0.4) is 0 Å². The van der Waals surface area contributed by atoms with E-state index in [-0.39, 0.29) is 40.1 Å². The molecule has 0 saturated heterocycles. The van der Waals surface area contributed by atoms with Gasteiger partial charge in [-0.2, -0.15) is 0 Å². The highest BCUT2D eigenvalue weighted by molar-refractivity contribution is 9.09. The highest BCUT2D eigenvalue weighted by atomic mass is 79.9. The van der Waals surface area contributed by atoms with Crippen LogP contribution >= 0.6 is 15.9 Å². The number of aromatic nitrogens is 8. The summed E-state index contributed by atoms with van der Waals surface area (Å²) in [5, 5.41) is 66.4. The van der Waals surface area contributed by atoms with Crippen molar-refractivity contribution in [1.29, 1.82) is 0 Å². The van der Waals surface area contributed by atoms with E-state index >= 15 is 0 Å². The number of pyridine rings is 8. The number of rotatable bonds is 42. The first-order valence-corrected chi connectivity index (χ1v) is 40.5. The van der Waals surface area contributed by atoms with Gasteiger partial charge in [-0.15, -0.1) is 0 Å². The second-order valence-corrected chi connectivity index (χ2v) is 26.6. The first-order valence-electron chi connectivity index (χ1n) is 39.4. The lowest BCUT2D eigenvalue weighted by Gasteiger charge is -2.30. The summed E-state index contributed by atoms with van der Waals surface area (Å²) in [7, 11) is 5.30. The lowest BCUT2D eigenvalue weighted by molar-refractivity contribution is -0.134. The van der Waals surface area contributed by atoms with Gasteiger partial charge in [0, 0.05) is 111 Å². The van der Waals surface area contributed by atoms with Gasteiger partial charge in [-0.05, 0) is 149 Å². The van der Waals surface area contributed by atoms with E-state index in [1.54, 1.807) is 84.9 Å². The van der Waals surface area contributed by atoms with Crippen molar-refractivity contribution in [3.05, 3.63) is 237 Å². The average molecular weight is 1780 g/mol. The lowest BCUT2D eigenvalue weighted by atomic mass is 10.2. The van der Waals surface area contributed by atoms with Crippen molar-refractivity contribution in [1.82, 2.24) is 86.9 Å². The summed E-state index contributed by atoms with van der Waals surface area (Å²) in [5.41, 5.74) is 12.0. The van der Waals surface area contributed by atoms with Gasteiger partial charge < -0.3 is 76.8 Å². The van der Waals surface area contributed by atoms with E-state index in [2.05, 4.69) is 149 Å². The molecule has 0 radical (unpaired) electrons. The second kappa shape index (κ2) is 67.7. The van der Waals surface area contributed by atoms with E-state index in [1.165, 1.54) is 66.0 Å². The molecule has 8 heterocycles. The molecule has 8 aromatic heterocycles. The summed E-state index contributed by atoms with van der Waals surface area (Å²) in [4.78, 5) is 147. The van der Waals surface area contributed by atoms with Gasteiger partial charge >= 0.3 is 47.8 Å². The number of ether oxygens (including phenoxy) is 4. The number of hydrogen-bond acceptors (Lipinski definition) is 31. The van der Waals surface area contributed by atoms with Crippen LogP contribution in [-0.2, 0) is 80.9 Å². The van der Waals surface area contributed by atoms with Crippen LogP contribution in [0.25, 0.3) is 0 Å². The van der Waals surface area contributed by atoms with Crippen molar-refractivity contribution in [2.24, 2.45) is 5.73 Å². The van der Waals surface area contributed by atoms with E-state index in [0.717, 1.165) is 86.9 Å². The highest BCUT2D eigenvalue weighted by Crippen LogP contribution is 2.12. The van der Waals surface area contributed by atoms with Crippen molar-refractivity contribution >= 4 is 75.6 Å². The van der Waals surface area contributed by atoms with Gasteiger partial charge in [0.2, 0.25) is 5.91 Å². The molecule has 38 heteroatoms. The van der Waals surface area contributed by atoms with Crippen molar-refractivity contribution in [2.75, 3.05) is 99.5 Å². The maximum Gasteiger partial charge on any atom is 0.356 e. The molecule has 123 heavy (non-hydrogen) atoms. The number of hydrogen-bond donors (Lipinski definition) is 13. The first kappa shape index (κ1) is 109. The molecule has 0 atom stereocenters. The number of halogens is 1. The summed E-state index contributed by atoms with van der Waals surface area (Å²) in [6.07, 6.45) is 5.25. The molecular formula is C85H119BrN18O19. The zero-order valence-electron chi connectivity index (χ0n) is 71.7. The molecule has 0 aliphatic rings. The largest absolute Gasteiger partial charge is 0.481 e. The monoisotopic (exact) mass is 1770 g/mol. The van der Waals surface area contributed by atoms with Crippen LogP contribution in [0.2, 0.25) is 0 Å². The Kier molecular flexibility index (Phi) is 60.0. The van der Waals surface area contributed by atoms with Crippen LogP contribution in [0.1, 0.15) is 210 Å². The summed E-state index contributed by atoms with van der Waals surface area (Å²) in [6.45, 7) is 24.3. The van der Waals surface area contributed by atoms with Crippen LogP contribution in [0, 0.1) is 0 Å². The second-order valence-electron chi connectivity index (χ2n) is 25.8. The number of nitrogens with one attached hydrogen (secondary N) is 7. The van der Waals surface area contributed by atoms with Gasteiger partial charge in [0.05, 0.1) is 80.7 Å². The molecule has 0 aromatic carbocycles. The van der Waals surface area contributed by atoms with Gasteiger partial charge in [0.15, 0.2) is 0 Å². The fourth-order valence-corrected chi connectivity index (χ4v) is 9.72. The summed E-state index contributed by atoms with van der Waals surface area (Å²) >= 11 is 3.25. The molecule has 1 amide bonds. The molecular weight excluding hydrogens is 1660 g/mol. The molecule has 0 aliphatic carbocycles. The molecule has 14 N–H and O–H groups in total. The fraction of sp³-hybridized carbons (Fsp3) is 0.412. The Balaban J connectivity index is 0.000000764. The Hall–Kier alpha value is -12.0. The third kappa shape index (κ3) is 51.4. The van der Waals surface area contributed by atoms with E-state index in [9.17, 15) is 43.2 Å². The number of nitrogens with two attached hydrogens (primary N) is 1. The molecule has 670 valence electrons. The average Bonchev–Trinajstić information content (AvgIpc) is 0.836. The van der Waals surface area contributed by atoms with Crippen molar-refractivity contribution in [2.45, 2.75) is 133 Å². The van der Waals surface area contributed by atoms with Gasteiger partial charge in [0.25, 0.3) is 5.97 Å². The first-order chi connectivity index (χ1) is 59.1. The quantitative estimate of drug-likeness (QED) is 0.00562. The Morgan fingerprint density at radius 1 is 0.341 bits per heavy atom. The number of aromatic carboxylic acids is 4. The molecule has 8 aromatic rings. The van der Waals surface area contributed by atoms with Crippen LogP contribution < -0.4 is 43.0 Å². The van der Waals surface area contributed by atoms with Crippen molar-refractivity contribution in [3.63, 3.8) is 0 Å². The maximum absolute atomic E-state index is 11.5. The number of carbonyl (C=O) groups excluding carboxylic acids is 5. The Morgan fingerprint density at radius 2 is 0.561 bits per heavy atom. The molecule has 0 fully saturated rings. The number of carboxylic acids is 5. The van der Waals surface area contributed by atoms with Crippen LogP contribution in [0.5, 0.6) is 0 Å². The number of methoxy groups -OCH3 is 4. The van der Waals surface area contributed by atoms with E-state index in [4.69, 9.17) is 36.1 Å². The third-order valence-electron chi connectivity index (χ3n) is 15.3. The zero-order chi connectivity index (χ0) is 91.5. The minimum atomic E-state index is -1.05.